The molecule has 0 bridgehead atoms. The number of hydrogen-bond donors (Lipinski definition) is 1. The molecule has 28 heavy (non-hydrogen) atoms. The maximum absolute atomic E-state index is 13.4. The van der Waals surface area contributed by atoms with Gasteiger partial charge in [-0.25, -0.2) is 0 Å². The van der Waals surface area contributed by atoms with Crippen LogP contribution in [0.4, 0.5) is 0 Å². The van der Waals surface area contributed by atoms with E-state index < -0.39 is 33.5 Å². The summed E-state index contributed by atoms with van der Waals surface area (Å²) in [5.74, 6) is -1.08. The zero-order valence-corrected chi connectivity index (χ0v) is 18.1. The minimum absolute atomic E-state index is 0.266. The van der Waals surface area contributed by atoms with Crippen molar-refractivity contribution in [2.75, 3.05) is 19.8 Å². The second-order valence-electron chi connectivity index (χ2n) is 7.48. The van der Waals surface area contributed by atoms with Crippen molar-refractivity contribution in [2.24, 2.45) is 5.92 Å². The number of ether oxygens (including phenoxy) is 2. The van der Waals surface area contributed by atoms with Crippen LogP contribution in [0.5, 0.6) is 0 Å². The summed E-state index contributed by atoms with van der Waals surface area (Å²) in [4.78, 5) is 13.4. The molecule has 1 saturated carbocycles. The number of benzene rings is 1. The molecule has 0 spiro atoms. The van der Waals surface area contributed by atoms with Gasteiger partial charge in [-0.1, -0.05) is 30.5 Å². The van der Waals surface area contributed by atoms with Gasteiger partial charge in [-0.15, -0.1) is 0 Å². The fraction of sp³-hybridized carbons (Fsp3) is 0.682. The minimum atomic E-state index is -1.39. The molecule has 0 heterocycles. The lowest BCUT2D eigenvalue weighted by molar-refractivity contribution is -0.161. The Labute approximate surface area is 171 Å². The highest BCUT2D eigenvalue weighted by molar-refractivity contribution is 7.85. The molecule has 158 valence electrons. The third-order valence-corrected chi connectivity index (χ3v) is 7.42. The number of esters is 1. The highest BCUT2D eigenvalue weighted by atomic mass is 32.2. The number of aliphatic hydroxyl groups is 1. The van der Waals surface area contributed by atoms with Gasteiger partial charge in [-0.05, 0) is 58.6 Å². The molecule has 0 amide bonds. The molecule has 1 aromatic rings. The van der Waals surface area contributed by atoms with E-state index in [1.807, 2.05) is 38.1 Å². The highest BCUT2D eigenvalue weighted by Crippen LogP contribution is 2.41. The van der Waals surface area contributed by atoms with Gasteiger partial charge < -0.3 is 14.6 Å². The van der Waals surface area contributed by atoms with Crippen molar-refractivity contribution in [1.29, 1.82) is 0 Å². The van der Waals surface area contributed by atoms with Gasteiger partial charge in [0.2, 0.25) is 0 Å². The van der Waals surface area contributed by atoms with Crippen molar-refractivity contribution in [2.45, 2.75) is 75.0 Å². The maximum atomic E-state index is 13.4. The van der Waals surface area contributed by atoms with Crippen molar-refractivity contribution in [3.05, 3.63) is 29.8 Å². The van der Waals surface area contributed by atoms with Crippen LogP contribution in [0.15, 0.2) is 29.2 Å². The number of hydrogen-bond acceptors (Lipinski definition) is 5. The fourth-order valence-electron chi connectivity index (χ4n) is 4.03. The molecule has 1 fully saturated rings. The Morgan fingerprint density at radius 1 is 1.25 bits per heavy atom. The van der Waals surface area contributed by atoms with E-state index in [4.69, 9.17) is 9.47 Å². The number of carbonyl (C=O) groups is 1. The molecule has 4 atom stereocenters. The van der Waals surface area contributed by atoms with Gasteiger partial charge in [0.15, 0.2) is 0 Å². The minimum Gasteiger partial charge on any atom is -0.466 e. The summed E-state index contributed by atoms with van der Waals surface area (Å²) in [5, 5.41) is 11.2. The van der Waals surface area contributed by atoms with E-state index >= 15 is 0 Å². The van der Waals surface area contributed by atoms with Crippen molar-refractivity contribution in [3.63, 3.8) is 0 Å². The van der Waals surface area contributed by atoms with Crippen LogP contribution in [-0.4, -0.2) is 46.0 Å². The molecular formula is C22H34O5S. The third-order valence-electron chi connectivity index (χ3n) is 5.52. The summed E-state index contributed by atoms with van der Waals surface area (Å²) in [6.45, 7) is 7.10. The molecule has 1 N–H and O–H groups in total. The first-order valence-electron chi connectivity index (χ1n) is 10.4. The highest BCUT2D eigenvalue weighted by Gasteiger charge is 2.51. The van der Waals surface area contributed by atoms with Gasteiger partial charge in [0.1, 0.15) is 0 Å². The van der Waals surface area contributed by atoms with E-state index in [2.05, 4.69) is 0 Å². The zero-order chi connectivity index (χ0) is 20.6. The van der Waals surface area contributed by atoms with Crippen molar-refractivity contribution >= 4 is 16.8 Å². The standard InChI is InChI=1S/C22H34O5S/c1-4-26-16-8-9-19(21(23)27-5-2)22(24)15-7-6-10-20(22)28(25)18-13-11-17(3)12-14-18/h11-14,19-20,24H,4-10,15-16H2,1-3H3/t19-,20+,22+,28?/m1/s1. The molecule has 1 unspecified atom stereocenters. The molecule has 1 aliphatic carbocycles. The monoisotopic (exact) mass is 410 g/mol. The molecule has 1 aliphatic rings. The van der Waals surface area contributed by atoms with Gasteiger partial charge in [0.05, 0.1) is 34.2 Å². The first-order chi connectivity index (χ1) is 13.4. The maximum Gasteiger partial charge on any atom is 0.311 e. The van der Waals surface area contributed by atoms with Crippen molar-refractivity contribution in [1.82, 2.24) is 0 Å². The van der Waals surface area contributed by atoms with Crippen LogP contribution in [-0.2, 0) is 25.1 Å². The summed E-state index contributed by atoms with van der Waals surface area (Å²) in [6.07, 6.45) is 3.95. The largest absolute Gasteiger partial charge is 0.466 e. The van der Waals surface area contributed by atoms with Crippen LogP contribution < -0.4 is 0 Å². The number of aryl methyl sites for hydroxylation is 1. The van der Waals surface area contributed by atoms with Crippen LogP contribution >= 0.6 is 0 Å². The zero-order valence-electron chi connectivity index (χ0n) is 17.3. The van der Waals surface area contributed by atoms with Gasteiger partial charge in [-0.2, -0.15) is 0 Å². The molecule has 2 rings (SSSR count). The first kappa shape index (κ1) is 23.0. The first-order valence-corrected chi connectivity index (χ1v) is 11.6. The average molecular weight is 411 g/mol. The molecule has 0 aromatic heterocycles. The van der Waals surface area contributed by atoms with E-state index in [-0.39, 0.29) is 6.61 Å². The van der Waals surface area contributed by atoms with E-state index in [0.29, 0.717) is 43.8 Å². The van der Waals surface area contributed by atoms with Crippen LogP contribution in [0.3, 0.4) is 0 Å². The Balaban J connectivity index is 2.28. The smallest absolute Gasteiger partial charge is 0.311 e. The molecular weight excluding hydrogens is 376 g/mol. The van der Waals surface area contributed by atoms with E-state index in [1.54, 1.807) is 6.92 Å². The summed E-state index contributed by atoms with van der Waals surface area (Å²) in [7, 11) is -1.39. The summed E-state index contributed by atoms with van der Waals surface area (Å²) < 4.78 is 24.1. The normalized spacial score (nSPS) is 24.5. The van der Waals surface area contributed by atoms with Crippen molar-refractivity contribution in [3.8, 4) is 0 Å². The predicted molar refractivity (Wildman–Crippen MR) is 111 cm³/mol. The SMILES string of the molecule is CCOCCC[C@H](C(=O)OCC)[C@@]1(O)CCCC[C@@H]1S(=O)c1ccc(C)cc1. The Morgan fingerprint density at radius 2 is 1.96 bits per heavy atom. The lowest BCUT2D eigenvalue weighted by Crippen LogP contribution is -2.55. The van der Waals surface area contributed by atoms with E-state index in [1.165, 1.54) is 0 Å². The number of rotatable bonds is 10. The lowest BCUT2D eigenvalue weighted by Gasteiger charge is -2.43. The average Bonchev–Trinajstić information content (AvgIpc) is 2.68. The quantitative estimate of drug-likeness (QED) is 0.469. The fourth-order valence-corrected chi connectivity index (χ4v) is 5.79. The van der Waals surface area contributed by atoms with Crippen LogP contribution in [0.1, 0.15) is 57.9 Å². The Bertz CT molecular complexity index is 645. The summed E-state index contributed by atoms with van der Waals surface area (Å²) >= 11 is 0. The Kier molecular flexibility index (Phi) is 9.12. The topological polar surface area (TPSA) is 72.8 Å². The second kappa shape index (κ2) is 11.1. The predicted octanol–water partition coefficient (Wildman–Crippen LogP) is 3.77. The summed E-state index contributed by atoms with van der Waals surface area (Å²) in [5.41, 5.74) is -0.230. The molecule has 0 radical (unpaired) electrons. The lowest BCUT2D eigenvalue weighted by atomic mass is 9.73. The molecule has 0 saturated heterocycles. The third kappa shape index (κ3) is 5.65. The summed E-state index contributed by atoms with van der Waals surface area (Å²) in [6, 6.07) is 7.57. The van der Waals surface area contributed by atoms with Crippen LogP contribution in [0.25, 0.3) is 0 Å². The molecule has 6 heteroatoms. The number of carbonyl (C=O) groups excluding carboxylic acids is 1. The van der Waals surface area contributed by atoms with Gasteiger partial charge >= 0.3 is 5.97 Å². The molecule has 5 nitrogen and oxygen atoms in total. The second-order valence-corrected chi connectivity index (χ2v) is 9.12. The Morgan fingerprint density at radius 3 is 2.61 bits per heavy atom. The van der Waals surface area contributed by atoms with E-state index in [0.717, 1.165) is 18.4 Å². The van der Waals surface area contributed by atoms with E-state index in [9.17, 15) is 14.1 Å². The van der Waals surface area contributed by atoms with Gasteiger partial charge in [0.25, 0.3) is 0 Å². The molecule has 1 aromatic carbocycles. The van der Waals surface area contributed by atoms with Crippen LogP contribution in [0.2, 0.25) is 0 Å². The van der Waals surface area contributed by atoms with Crippen molar-refractivity contribution < 1.29 is 23.6 Å². The Hall–Kier alpha value is -1.24. The van der Waals surface area contributed by atoms with Gasteiger partial charge in [-0.3, -0.25) is 9.00 Å². The van der Waals surface area contributed by atoms with Gasteiger partial charge in [0, 0.05) is 18.1 Å². The molecule has 0 aliphatic heterocycles. The van der Waals surface area contributed by atoms with Crippen LogP contribution in [0, 0.1) is 12.8 Å².